The number of nitrogens with one attached hydrogen (secondary N) is 1. The van der Waals surface area contributed by atoms with Crippen LogP contribution in [0.1, 0.15) is 29.6 Å². The number of aromatic nitrogens is 1. The van der Waals surface area contributed by atoms with E-state index in [0.29, 0.717) is 0 Å². The fourth-order valence-corrected chi connectivity index (χ4v) is 2.63. The molecule has 0 atom stereocenters. The van der Waals surface area contributed by atoms with E-state index in [1.54, 1.807) is 11.3 Å². The molecule has 1 aromatic heterocycles. The molecular weight excluding hydrogens is 240 g/mol. The monoisotopic (exact) mass is 260 g/mol. The van der Waals surface area contributed by atoms with Gasteiger partial charge in [0.2, 0.25) is 0 Å². The van der Waals surface area contributed by atoms with Gasteiger partial charge in [-0.05, 0) is 24.9 Å². The molecule has 0 spiro atoms. The maximum Gasteiger partial charge on any atom is 0.0932 e. The van der Waals surface area contributed by atoms with Crippen LogP contribution in [0.15, 0.2) is 35.7 Å². The molecule has 0 radical (unpaired) electrons. The Morgan fingerprint density at radius 1 is 1.17 bits per heavy atom. The van der Waals surface area contributed by atoms with Crippen LogP contribution in [0.3, 0.4) is 0 Å². The Morgan fingerprint density at radius 2 is 2.00 bits per heavy atom. The summed E-state index contributed by atoms with van der Waals surface area (Å²) >= 11 is 1.78. The third-order valence-electron chi connectivity index (χ3n) is 2.80. The summed E-state index contributed by atoms with van der Waals surface area (Å²) in [5.41, 5.74) is 2.56. The van der Waals surface area contributed by atoms with Gasteiger partial charge in [0.25, 0.3) is 0 Å². The van der Waals surface area contributed by atoms with Gasteiger partial charge in [0.05, 0.1) is 10.7 Å². The largest absolute Gasteiger partial charge is 0.311 e. The second kappa shape index (κ2) is 7.29. The Bertz CT molecular complexity index is 451. The highest BCUT2D eigenvalue weighted by atomic mass is 32.1. The molecule has 3 heteroatoms. The first-order valence-electron chi connectivity index (χ1n) is 6.56. The fourth-order valence-electron chi connectivity index (χ4n) is 1.83. The Kier molecular flexibility index (Phi) is 5.36. The molecule has 2 rings (SSSR count). The second-order valence-electron chi connectivity index (χ2n) is 4.39. The van der Waals surface area contributed by atoms with Crippen LogP contribution in [0, 0.1) is 0 Å². The van der Waals surface area contributed by atoms with Crippen molar-refractivity contribution in [2.75, 3.05) is 6.54 Å². The SMILES string of the molecule is CCCNCc1csc(CCc2ccccc2)n1. The van der Waals surface area contributed by atoms with Crippen LogP contribution in [0.2, 0.25) is 0 Å². The Morgan fingerprint density at radius 3 is 2.78 bits per heavy atom. The van der Waals surface area contributed by atoms with Gasteiger partial charge in [0, 0.05) is 18.3 Å². The molecule has 96 valence electrons. The van der Waals surface area contributed by atoms with Crippen molar-refractivity contribution in [1.29, 1.82) is 0 Å². The lowest BCUT2D eigenvalue weighted by atomic mass is 10.1. The van der Waals surface area contributed by atoms with E-state index in [1.165, 1.54) is 22.7 Å². The molecule has 2 aromatic rings. The van der Waals surface area contributed by atoms with E-state index in [-0.39, 0.29) is 0 Å². The zero-order chi connectivity index (χ0) is 12.6. The van der Waals surface area contributed by atoms with Crippen molar-refractivity contribution in [3.63, 3.8) is 0 Å². The minimum atomic E-state index is 0.898. The van der Waals surface area contributed by atoms with Gasteiger partial charge in [-0.1, -0.05) is 37.3 Å². The van der Waals surface area contributed by atoms with Crippen molar-refractivity contribution in [2.45, 2.75) is 32.7 Å². The maximum atomic E-state index is 4.65. The zero-order valence-corrected chi connectivity index (χ0v) is 11.7. The van der Waals surface area contributed by atoms with E-state index >= 15 is 0 Å². The van der Waals surface area contributed by atoms with Gasteiger partial charge < -0.3 is 5.32 Å². The molecule has 0 aliphatic heterocycles. The molecule has 1 aromatic carbocycles. The summed E-state index contributed by atoms with van der Waals surface area (Å²) < 4.78 is 0. The van der Waals surface area contributed by atoms with Crippen molar-refractivity contribution >= 4 is 11.3 Å². The van der Waals surface area contributed by atoms with Crippen molar-refractivity contribution < 1.29 is 0 Å². The van der Waals surface area contributed by atoms with Crippen LogP contribution in [0.5, 0.6) is 0 Å². The minimum Gasteiger partial charge on any atom is -0.311 e. The van der Waals surface area contributed by atoms with Crippen molar-refractivity contribution in [1.82, 2.24) is 10.3 Å². The van der Waals surface area contributed by atoms with Gasteiger partial charge in [-0.2, -0.15) is 0 Å². The number of nitrogens with zero attached hydrogens (tertiary/aromatic N) is 1. The molecule has 0 saturated carbocycles. The molecule has 0 amide bonds. The summed E-state index contributed by atoms with van der Waals surface area (Å²) in [4.78, 5) is 4.65. The van der Waals surface area contributed by atoms with E-state index in [0.717, 1.165) is 25.9 Å². The topological polar surface area (TPSA) is 24.9 Å². The standard InChI is InChI=1S/C15H20N2S/c1-2-10-16-11-14-12-18-15(17-14)9-8-13-6-4-3-5-7-13/h3-7,12,16H,2,8-11H2,1H3. The smallest absolute Gasteiger partial charge is 0.0932 e. The quantitative estimate of drug-likeness (QED) is 0.772. The third kappa shape index (κ3) is 4.24. The molecule has 0 bridgehead atoms. The summed E-state index contributed by atoms with van der Waals surface area (Å²) in [6.45, 7) is 4.14. The summed E-state index contributed by atoms with van der Waals surface area (Å²) in [5.74, 6) is 0. The predicted molar refractivity (Wildman–Crippen MR) is 78.0 cm³/mol. The number of benzene rings is 1. The van der Waals surface area contributed by atoms with Gasteiger partial charge in [-0.15, -0.1) is 11.3 Å². The van der Waals surface area contributed by atoms with Crippen LogP contribution < -0.4 is 5.32 Å². The maximum absolute atomic E-state index is 4.65. The first-order valence-corrected chi connectivity index (χ1v) is 7.44. The van der Waals surface area contributed by atoms with Crippen molar-refractivity contribution in [2.24, 2.45) is 0 Å². The molecule has 18 heavy (non-hydrogen) atoms. The number of rotatable bonds is 7. The average Bonchev–Trinajstić information content (AvgIpc) is 2.86. The molecular formula is C15H20N2S. The second-order valence-corrected chi connectivity index (χ2v) is 5.34. The van der Waals surface area contributed by atoms with Gasteiger partial charge in [0.15, 0.2) is 0 Å². The number of hydrogen-bond acceptors (Lipinski definition) is 3. The average molecular weight is 260 g/mol. The van der Waals surface area contributed by atoms with E-state index in [1.807, 2.05) is 0 Å². The van der Waals surface area contributed by atoms with E-state index in [4.69, 9.17) is 0 Å². The molecule has 0 saturated heterocycles. The van der Waals surface area contributed by atoms with Gasteiger partial charge in [0.1, 0.15) is 0 Å². The summed E-state index contributed by atoms with van der Waals surface area (Å²) in [5, 5.41) is 6.80. The van der Waals surface area contributed by atoms with Gasteiger partial charge >= 0.3 is 0 Å². The van der Waals surface area contributed by atoms with E-state index in [2.05, 4.69) is 52.9 Å². The normalized spacial score (nSPS) is 10.7. The predicted octanol–water partition coefficient (Wildman–Crippen LogP) is 3.43. The Labute approximate surface area is 113 Å². The lowest BCUT2D eigenvalue weighted by Gasteiger charge is -1.99. The number of aryl methyl sites for hydroxylation is 2. The summed E-state index contributed by atoms with van der Waals surface area (Å²) in [7, 11) is 0. The van der Waals surface area contributed by atoms with Crippen molar-refractivity contribution in [3.8, 4) is 0 Å². The first-order chi connectivity index (χ1) is 8.88. The highest BCUT2D eigenvalue weighted by Crippen LogP contribution is 2.13. The molecule has 0 unspecified atom stereocenters. The molecule has 0 fully saturated rings. The molecule has 0 aliphatic rings. The van der Waals surface area contributed by atoms with E-state index < -0.39 is 0 Å². The number of thiazole rings is 1. The van der Waals surface area contributed by atoms with E-state index in [9.17, 15) is 0 Å². The fraction of sp³-hybridized carbons (Fsp3) is 0.400. The van der Waals surface area contributed by atoms with Crippen LogP contribution in [-0.4, -0.2) is 11.5 Å². The highest BCUT2D eigenvalue weighted by Gasteiger charge is 2.02. The van der Waals surface area contributed by atoms with Crippen LogP contribution in [-0.2, 0) is 19.4 Å². The van der Waals surface area contributed by atoms with Crippen LogP contribution in [0.4, 0.5) is 0 Å². The molecule has 1 heterocycles. The lowest BCUT2D eigenvalue weighted by Crippen LogP contribution is -2.13. The van der Waals surface area contributed by atoms with Gasteiger partial charge in [-0.25, -0.2) is 4.98 Å². The van der Waals surface area contributed by atoms with Crippen LogP contribution >= 0.6 is 11.3 Å². The van der Waals surface area contributed by atoms with Crippen LogP contribution in [0.25, 0.3) is 0 Å². The molecule has 1 N–H and O–H groups in total. The first kappa shape index (κ1) is 13.2. The number of hydrogen-bond donors (Lipinski definition) is 1. The van der Waals surface area contributed by atoms with Gasteiger partial charge in [-0.3, -0.25) is 0 Å². The summed E-state index contributed by atoms with van der Waals surface area (Å²) in [6, 6.07) is 10.6. The molecule has 0 aliphatic carbocycles. The van der Waals surface area contributed by atoms with Crippen molar-refractivity contribution in [3.05, 3.63) is 52.0 Å². The minimum absolute atomic E-state index is 0.898. The molecule has 2 nitrogen and oxygen atoms in total. The summed E-state index contributed by atoms with van der Waals surface area (Å²) in [6.07, 6.45) is 3.30. The zero-order valence-electron chi connectivity index (χ0n) is 10.9. The third-order valence-corrected chi connectivity index (χ3v) is 3.76. The Hall–Kier alpha value is -1.19. The lowest BCUT2D eigenvalue weighted by molar-refractivity contribution is 0.665. The Balaban J connectivity index is 1.80. The highest BCUT2D eigenvalue weighted by molar-refractivity contribution is 7.09.